The van der Waals surface area contributed by atoms with E-state index in [-0.39, 0.29) is 5.91 Å². The molecule has 0 saturated carbocycles. The van der Waals surface area contributed by atoms with Gasteiger partial charge in [0.1, 0.15) is 0 Å². The van der Waals surface area contributed by atoms with Gasteiger partial charge in [0.15, 0.2) is 5.82 Å². The first-order valence-corrected chi connectivity index (χ1v) is 10.1. The molecule has 0 radical (unpaired) electrons. The molecule has 1 aromatic carbocycles. The summed E-state index contributed by atoms with van der Waals surface area (Å²) in [5.74, 6) is 0.270. The molecular weight excluding hydrogens is 400 g/mol. The molecule has 1 amide bonds. The molecule has 4 aromatic rings. The van der Waals surface area contributed by atoms with Gasteiger partial charge in [-0.1, -0.05) is 24.6 Å². The van der Waals surface area contributed by atoms with Crippen LogP contribution in [0.15, 0.2) is 67.3 Å². The van der Waals surface area contributed by atoms with Crippen LogP contribution in [0.1, 0.15) is 28.5 Å². The molecule has 4 rings (SSSR count). The van der Waals surface area contributed by atoms with E-state index in [0.717, 1.165) is 17.8 Å². The van der Waals surface area contributed by atoms with Gasteiger partial charge >= 0.3 is 0 Å². The first-order valence-electron chi connectivity index (χ1n) is 9.70. The minimum Gasteiger partial charge on any atom is -0.305 e. The van der Waals surface area contributed by atoms with Crippen molar-refractivity contribution in [2.45, 2.75) is 26.3 Å². The molecule has 3 aromatic heterocycles. The second-order valence-electron chi connectivity index (χ2n) is 6.77. The van der Waals surface area contributed by atoms with Crippen molar-refractivity contribution in [3.05, 3.63) is 89.1 Å². The van der Waals surface area contributed by atoms with E-state index in [2.05, 4.69) is 20.5 Å². The van der Waals surface area contributed by atoms with Crippen molar-refractivity contribution < 1.29 is 4.79 Å². The standard InChI is InChI=1S/C22H21ClN6O/c1-2-20-19(15-25-29(20)18-5-3-4-17(23)14-18)22(30)26-21-9-13-28(27-21)12-8-16-6-10-24-11-7-16/h3-7,9-11,13-15H,2,8,12H2,1H3,(H,26,27,30). The molecule has 30 heavy (non-hydrogen) atoms. The van der Waals surface area contributed by atoms with Crippen LogP contribution in [0, 0.1) is 0 Å². The van der Waals surface area contributed by atoms with Crippen LogP contribution in [0.4, 0.5) is 5.82 Å². The number of amides is 1. The molecule has 0 spiro atoms. The molecule has 152 valence electrons. The van der Waals surface area contributed by atoms with E-state index in [4.69, 9.17) is 11.6 Å². The van der Waals surface area contributed by atoms with Crippen LogP contribution in [0.3, 0.4) is 0 Å². The highest BCUT2D eigenvalue weighted by Crippen LogP contribution is 2.20. The Morgan fingerprint density at radius 1 is 1.17 bits per heavy atom. The zero-order chi connectivity index (χ0) is 20.9. The van der Waals surface area contributed by atoms with Gasteiger partial charge in [0.05, 0.1) is 23.1 Å². The van der Waals surface area contributed by atoms with Crippen molar-refractivity contribution >= 4 is 23.3 Å². The van der Waals surface area contributed by atoms with Gasteiger partial charge in [0, 0.05) is 36.2 Å². The molecule has 0 saturated heterocycles. The third-order valence-electron chi connectivity index (χ3n) is 4.76. The number of nitrogens with one attached hydrogen (secondary N) is 1. The maximum absolute atomic E-state index is 12.8. The lowest BCUT2D eigenvalue weighted by Gasteiger charge is -2.08. The van der Waals surface area contributed by atoms with Crippen LogP contribution in [0.5, 0.6) is 0 Å². The van der Waals surface area contributed by atoms with Crippen LogP contribution in [0.2, 0.25) is 5.02 Å². The summed E-state index contributed by atoms with van der Waals surface area (Å²) >= 11 is 6.10. The van der Waals surface area contributed by atoms with Crippen LogP contribution >= 0.6 is 11.6 Å². The first kappa shape index (κ1) is 19.8. The van der Waals surface area contributed by atoms with Crippen molar-refractivity contribution in [2.24, 2.45) is 0 Å². The largest absolute Gasteiger partial charge is 0.305 e. The Hall–Kier alpha value is -3.45. The second kappa shape index (κ2) is 8.92. The second-order valence-corrected chi connectivity index (χ2v) is 7.21. The minimum atomic E-state index is -0.237. The molecule has 0 aliphatic heterocycles. The molecular formula is C22H21ClN6O. The van der Waals surface area contributed by atoms with E-state index in [1.165, 1.54) is 5.56 Å². The maximum Gasteiger partial charge on any atom is 0.260 e. The highest BCUT2D eigenvalue weighted by molar-refractivity contribution is 6.30. The highest BCUT2D eigenvalue weighted by Gasteiger charge is 2.18. The lowest BCUT2D eigenvalue weighted by molar-refractivity contribution is 0.102. The fourth-order valence-corrected chi connectivity index (χ4v) is 3.45. The zero-order valence-electron chi connectivity index (χ0n) is 16.5. The Morgan fingerprint density at radius 2 is 2.00 bits per heavy atom. The first-order chi connectivity index (χ1) is 14.6. The third-order valence-corrected chi connectivity index (χ3v) is 5.00. The Balaban J connectivity index is 1.46. The van der Waals surface area contributed by atoms with Crippen molar-refractivity contribution in [2.75, 3.05) is 5.32 Å². The van der Waals surface area contributed by atoms with Crippen molar-refractivity contribution in [1.82, 2.24) is 24.5 Å². The summed E-state index contributed by atoms with van der Waals surface area (Å²) in [5.41, 5.74) is 3.33. The van der Waals surface area contributed by atoms with Crippen LogP contribution in [-0.2, 0) is 19.4 Å². The van der Waals surface area contributed by atoms with Crippen LogP contribution < -0.4 is 5.32 Å². The van der Waals surface area contributed by atoms with Gasteiger partial charge in [-0.25, -0.2) is 4.68 Å². The summed E-state index contributed by atoms with van der Waals surface area (Å²) in [7, 11) is 0. The summed E-state index contributed by atoms with van der Waals surface area (Å²) in [6, 6.07) is 13.1. The van der Waals surface area contributed by atoms with E-state index in [0.29, 0.717) is 29.4 Å². The number of rotatable bonds is 7. The average molecular weight is 421 g/mol. The molecule has 1 N–H and O–H groups in total. The van der Waals surface area contributed by atoms with Gasteiger partial charge in [0.25, 0.3) is 5.91 Å². The monoisotopic (exact) mass is 420 g/mol. The Bertz CT molecular complexity index is 1150. The van der Waals surface area contributed by atoms with E-state index in [9.17, 15) is 4.79 Å². The number of pyridine rings is 1. The van der Waals surface area contributed by atoms with Gasteiger partial charge < -0.3 is 5.32 Å². The Labute approximate surface area is 179 Å². The zero-order valence-corrected chi connectivity index (χ0v) is 17.3. The summed E-state index contributed by atoms with van der Waals surface area (Å²) in [6.07, 6.45) is 8.47. The fourth-order valence-electron chi connectivity index (χ4n) is 3.26. The lowest BCUT2D eigenvalue weighted by atomic mass is 10.2. The van der Waals surface area contributed by atoms with Crippen LogP contribution in [0.25, 0.3) is 5.69 Å². The number of nitrogens with zero attached hydrogens (tertiary/aromatic N) is 5. The van der Waals surface area contributed by atoms with E-state index in [1.807, 2.05) is 48.1 Å². The molecule has 7 nitrogen and oxygen atoms in total. The Kier molecular flexibility index (Phi) is 5.90. The molecule has 3 heterocycles. The SMILES string of the molecule is CCc1c(C(=O)Nc2ccn(CCc3ccncc3)n2)cnn1-c1cccc(Cl)c1. The number of carbonyl (C=O) groups is 1. The number of hydrogen-bond acceptors (Lipinski definition) is 4. The molecule has 0 aliphatic rings. The number of aryl methyl sites for hydroxylation is 2. The van der Waals surface area contributed by atoms with Crippen molar-refractivity contribution in [3.63, 3.8) is 0 Å². The fraction of sp³-hybridized carbons (Fsp3) is 0.182. The normalized spacial score (nSPS) is 10.9. The topological polar surface area (TPSA) is 77.6 Å². The number of halogens is 1. The number of hydrogen-bond donors (Lipinski definition) is 1. The van der Waals surface area contributed by atoms with E-state index >= 15 is 0 Å². The summed E-state index contributed by atoms with van der Waals surface area (Å²) in [5, 5.41) is 12.3. The van der Waals surface area contributed by atoms with Crippen molar-refractivity contribution in [1.29, 1.82) is 0 Å². The van der Waals surface area contributed by atoms with E-state index < -0.39 is 0 Å². The van der Waals surface area contributed by atoms with Crippen molar-refractivity contribution in [3.8, 4) is 5.69 Å². The summed E-state index contributed by atoms with van der Waals surface area (Å²) < 4.78 is 3.56. The molecule has 8 heteroatoms. The average Bonchev–Trinajstić information content (AvgIpc) is 3.39. The smallest absolute Gasteiger partial charge is 0.260 e. The molecule has 0 fully saturated rings. The predicted octanol–water partition coefficient (Wildman–Crippen LogP) is 4.17. The molecule has 0 aliphatic carbocycles. The number of benzene rings is 1. The van der Waals surface area contributed by atoms with Crippen LogP contribution in [-0.4, -0.2) is 30.5 Å². The summed E-state index contributed by atoms with van der Waals surface area (Å²) in [6.45, 7) is 2.70. The third kappa shape index (κ3) is 4.41. The number of anilines is 1. The Morgan fingerprint density at radius 3 is 2.77 bits per heavy atom. The lowest BCUT2D eigenvalue weighted by Crippen LogP contribution is -2.15. The number of carbonyl (C=O) groups excluding carboxylic acids is 1. The maximum atomic E-state index is 12.8. The minimum absolute atomic E-state index is 0.237. The quantitative estimate of drug-likeness (QED) is 0.486. The highest BCUT2D eigenvalue weighted by atomic mass is 35.5. The van der Waals surface area contributed by atoms with Gasteiger partial charge in [-0.15, -0.1) is 0 Å². The molecule has 0 bridgehead atoms. The summed E-state index contributed by atoms with van der Waals surface area (Å²) in [4.78, 5) is 16.9. The number of aromatic nitrogens is 5. The molecule has 0 atom stereocenters. The van der Waals surface area contributed by atoms with Gasteiger partial charge in [-0.3, -0.25) is 14.5 Å². The molecule has 0 unspecified atom stereocenters. The van der Waals surface area contributed by atoms with E-state index in [1.54, 1.807) is 35.4 Å². The van der Waals surface area contributed by atoms with Gasteiger partial charge in [-0.05, 0) is 48.7 Å². The van der Waals surface area contributed by atoms with Gasteiger partial charge in [-0.2, -0.15) is 10.2 Å². The predicted molar refractivity (Wildman–Crippen MR) is 116 cm³/mol. The van der Waals surface area contributed by atoms with Gasteiger partial charge in [0.2, 0.25) is 0 Å².